The van der Waals surface area contributed by atoms with Gasteiger partial charge in [0, 0.05) is 18.3 Å². The number of fused-ring (bicyclic) bond motifs is 1. The molecule has 0 radical (unpaired) electrons. The van der Waals surface area contributed by atoms with Crippen LogP contribution in [0.5, 0.6) is 0 Å². The molecule has 0 N–H and O–H groups in total. The number of hydrogen-bond donors (Lipinski definition) is 0. The van der Waals surface area contributed by atoms with Crippen LogP contribution < -0.4 is 0 Å². The number of halogens is 3. The van der Waals surface area contributed by atoms with Crippen LogP contribution in [0.15, 0.2) is 18.3 Å². The topological polar surface area (TPSA) is 63.4 Å². The van der Waals surface area contributed by atoms with E-state index in [4.69, 9.17) is 0 Å². The highest BCUT2D eigenvalue weighted by molar-refractivity contribution is 5.95. The van der Waals surface area contributed by atoms with E-state index >= 15 is 0 Å². The summed E-state index contributed by atoms with van der Waals surface area (Å²) in [6.07, 6.45) is -1.22. The lowest BCUT2D eigenvalue weighted by molar-refractivity contribution is -0.141. The first-order valence-electron chi connectivity index (χ1n) is 6.46. The van der Waals surface area contributed by atoms with E-state index in [0.717, 1.165) is 17.7 Å². The van der Waals surface area contributed by atoms with E-state index in [1.54, 1.807) is 0 Å². The van der Waals surface area contributed by atoms with Crippen molar-refractivity contribution >= 4 is 11.6 Å². The zero-order chi connectivity index (χ0) is 15.0. The van der Waals surface area contributed by atoms with Crippen molar-refractivity contribution in [2.45, 2.75) is 19.0 Å². The second-order valence-corrected chi connectivity index (χ2v) is 5.14. The molecule has 0 unspecified atom stereocenters. The molecular formula is C12H12F3N5O. The average Bonchev–Trinajstić information content (AvgIpc) is 3.10. The van der Waals surface area contributed by atoms with Gasteiger partial charge in [0.15, 0.2) is 5.65 Å². The van der Waals surface area contributed by atoms with Gasteiger partial charge in [-0.3, -0.25) is 4.79 Å². The van der Waals surface area contributed by atoms with Crippen LogP contribution in [0.4, 0.5) is 13.2 Å². The van der Waals surface area contributed by atoms with Crippen molar-refractivity contribution in [3.8, 4) is 0 Å². The van der Waals surface area contributed by atoms with E-state index in [0.29, 0.717) is 5.65 Å². The Bertz CT molecular complexity index is 664. The third-order valence-corrected chi connectivity index (χ3v) is 3.28. The Morgan fingerprint density at radius 1 is 1.43 bits per heavy atom. The third kappa shape index (κ3) is 3.29. The van der Waals surface area contributed by atoms with Crippen molar-refractivity contribution < 1.29 is 18.0 Å². The predicted octanol–water partition coefficient (Wildman–Crippen LogP) is 1.54. The zero-order valence-corrected chi connectivity index (χ0v) is 10.9. The minimum atomic E-state index is -4.41. The highest BCUT2D eigenvalue weighted by Crippen LogP contribution is 2.31. The SMILES string of the molecule is O=C(c1ccn2nnnc2c1)N(CC1CC1)CC(F)(F)F. The first-order chi connectivity index (χ1) is 9.92. The molecule has 0 atom stereocenters. The summed E-state index contributed by atoms with van der Waals surface area (Å²) in [6.45, 7) is -1.10. The molecule has 6 nitrogen and oxygen atoms in total. The summed E-state index contributed by atoms with van der Waals surface area (Å²) < 4.78 is 39.2. The molecule has 1 aliphatic rings. The number of amides is 1. The standard InChI is InChI=1S/C12H12F3N5O/c13-12(14,15)7-19(6-8-1-2-8)11(21)9-3-4-20-10(5-9)16-17-18-20/h3-5,8H,1-2,6-7H2. The summed E-state index contributed by atoms with van der Waals surface area (Å²) in [5.41, 5.74) is 0.474. The van der Waals surface area contributed by atoms with Crippen molar-refractivity contribution in [1.82, 2.24) is 24.9 Å². The van der Waals surface area contributed by atoms with E-state index in [9.17, 15) is 18.0 Å². The average molecular weight is 299 g/mol. The van der Waals surface area contributed by atoms with E-state index in [-0.39, 0.29) is 18.0 Å². The number of nitrogens with zero attached hydrogens (tertiary/aromatic N) is 5. The van der Waals surface area contributed by atoms with Gasteiger partial charge in [-0.05, 0) is 41.3 Å². The molecule has 0 aliphatic heterocycles. The summed E-state index contributed by atoms with van der Waals surface area (Å²) in [4.78, 5) is 13.2. The lowest BCUT2D eigenvalue weighted by Gasteiger charge is -2.24. The number of rotatable bonds is 4. The first kappa shape index (κ1) is 13.8. The summed E-state index contributed by atoms with van der Waals surface area (Å²) >= 11 is 0. The molecule has 2 heterocycles. The maximum atomic E-state index is 12.6. The van der Waals surface area contributed by atoms with E-state index in [1.165, 1.54) is 22.8 Å². The number of tetrazole rings is 1. The van der Waals surface area contributed by atoms with Crippen LogP contribution in [0.2, 0.25) is 0 Å². The molecule has 9 heteroatoms. The Hall–Kier alpha value is -2.19. The minimum Gasteiger partial charge on any atom is -0.329 e. The molecule has 1 fully saturated rings. The van der Waals surface area contributed by atoms with Crippen LogP contribution in [-0.2, 0) is 0 Å². The second kappa shape index (κ2) is 4.97. The van der Waals surface area contributed by atoms with E-state index < -0.39 is 18.6 Å². The van der Waals surface area contributed by atoms with Crippen molar-refractivity contribution in [3.63, 3.8) is 0 Å². The lowest BCUT2D eigenvalue weighted by Crippen LogP contribution is -2.40. The van der Waals surface area contributed by atoms with Crippen LogP contribution in [-0.4, -0.2) is 50.1 Å². The van der Waals surface area contributed by atoms with Crippen LogP contribution in [0.3, 0.4) is 0 Å². The third-order valence-electron chi connectivity index (χ3n) is 3.28. The molecular weight excluding hydrogens is 287 g/mol. The van der Waals surface area contributed by atoms with Gasteiger partial charge in [-0.25, -0.2) is 4.52 Å². The summed E-state index contributed by atoms with van der Waals surface area (Å²) in [5.74, 6) is -0.473. The molecule has 2 aromatic rings. The predicted molar refractivity (Wildman–Crippen MR) is 65.5 cm³/mol. The molecule has 1 aliphatic carbocycles. The van der Waals surface area contributed by atoms with Gasteiger partial charge in [0.1, 0.15) is 6.54 Å². The number of alkyl halides is 3. The van der Waals surface area contributed by atoms with Crippen LogP contribution >= 0.6 is 0 Å². The van der Waals surface area contributed by atoms with Crippen LogP contribution in [0, 0.1) is 5.92 Å². The number of hydrogen-bond acceptors (Lipinski definition) is 4. The van der Waals surface area contributed by atoms with Crippen LogP contribution in [0.25, 0.3) is 5.65 Å². The van der Waals surface area contributed by atoms with Crippen molar-refractivity contribution in [2.75, 3.05) is 13.1 Å². The molecule has 3 rings (SSSR count). The minimum absolute atomic E-state index is 0.133. The van der Waals surface area contributed by atoms with Crippen molar-refractivity contribution in [1.29, 1.82) is 0 Å². The fourth-order valence-electron chi connectivity index (χ4n) is 2.10. The van der Waals surface area contributed by atoms with E-state index in [2.05, 4.69) is 15.5 Å². The molecule has 0 aromatic carbocycles. The second-order valence-electron chi connectivity index (χ2n) is 5.14. The van der Waals surface area contributed by atoms with Crippen molar-refractivity contribution in [2.24, 2.45) is 5.92 Å². The van der Waals surface area contributed by atoms with Crippen molar-refractivity contribution in [3.05, 3.63) is 23.9 Å². The van der Waals surface area contributed by atoms with Gasteiger partial charge in [0.25, 0.3) is 5.91 Å². The summed E-state index contributed by atoms with van der Waals surface area (Å²) in [6, 6.07) is 2.81. The molecule has 0 bridgehead atoms. The normalized spacial score (nSPS) is 15.4. The van der Waals surface area contributed by atoms with E-state index in [1.807, 2.05) is 0 Å². The molecule has 2 aromatic heterocycles. The number of aromatic nitrogens is 4. The monoisotopic (exact) mass is 299 g/mol. The quantitative estimate of drug-likeness (QED) is 0.859. The van der Waals surface area contributed by atoms with Crippen LogP contribution in [0.1, 0.15) is 23.2 Å². The number of pyridine rings is 1. The number of carbonyl (C=O) groups is 1. The smallest absolute Gasteiger partial charge is 0.329 e. The fraction of sp³-hybridized carbons (Fsp3) is 0.500. The van der Waals surface area contributed by atoms with Gasteiger partial charge in [0.2, 0.25) is 0 Å². The first-order valence-corrected chi connectivity index (χ1v) is 6.46. The zero-order valence-electron chi connectivity index (χ0n) is 10.9. The van der Waals surface area contributed by atoms with Gasteiger partial charge in [-0.1, -0.05) is 0 Å². The summed E-state index contributed by atoms with van der Waals surface area (Å²) in [7, 11) is 0. The molecule has 1 amide bonds. The molecule has 112 valence electrons. The van der Waals surface area contributed by atoms with Gasteiger partial charge < -0.3 is 4.90 Å². The van der Waals surface area contributed by atoms with Gasteiger partial charge in [-0.2, -0.15) is 13.2 Å². The Balaban J connectivity index is 1.84. The molecule has 0 saturated heterocycles. The summed E-state index contributed by atoms with van der Waals surface area (Å²) in [5, 5.41) is 10.7. The highest BCUT2D eigenvalue weighted by Gasteiger charge is 2.36. The molecule has 0 spiro atoms. The Labute approximate surface area is 117 Å². The van der Waals surface area contributed by atoms with Gasteiger partial charge in [0.05, 0.1) is 0 Å². The Morgan fingerprint density at radius 3 is 2.86 bits per heavy atom. The largest absolute Gasteiger partial charge is 0.406 e. The highest BCUT2D eigenvalue weighted by atomic mass is 19.4. The lowest BCUT2D eigenvalue weighted by atomic mass is 10.2. The molecule has 21 heavy (non-hydrogen) atoms. The Kier molecular flexibility index (Phi) is 3.26. The maximum Gasteiger partial charge on any atom is 0.406 e. The fourth-order valence-corrected chi connectivity index (χ4v) is 2.10. The Morgan fingerprint density at radius 2 is 2.19 bits per heavy atom. The molecule has 1 saturated carbocycles. The van der Waals surface area contributed by atoms with Gasteiger partial charge in [-0.15, -0.1) is 5.10 Å². The maximum absolute atomic E-state index is 12.6. The van der Waals surface area contributed by atoms with Gasteiger partial charge >= 0.3 is 6.18 Å². The number of carbonyl (C=O) groups excluding carboxylic acids is 1.